The summed E-state index contributed by atoms with van der Waals surface area (Å²) in [4.78, 5) is 2.98. The maximum absolute atomic E-state index is 14.7. The molecule has 0 saturated heterocycles. The van der Waals surface area contributed by atoms with Crippen LogP contribution in [0.5, 0.6) is 11.5 Å². The number of nitrogens with two attached hydrogens (primary N) is 1. The van der Waals surface area contributed by atoms with Crippen LogP contribution in [-0.4, -0.2) is 8.07 Å². The number of halogens is 3. The highest BCUT2D eigenvalue weighted by Gasteiger charge is 2.19. The second-order valence-corrected chi connectivity index (χ2v) is 11.0. The molecule has 2 N–H and O–H groups in total. The minimum atomic E-state index is -1.80. The molecule has 0 radical (unpaired) electrons. The van der Waals surface area contributed by atoms with Crippen molar-refractivity contribution >= 4 is 19.4 Å². The quantitative estimate of drug-likeness (QED) is 0.343. The van der Waals surface area contributed by atoms with Gasteiger partial charge >= 0.3 is 0 Å². The zero-order chi connectivity index (χ0) is 18.8. The molecular formula is C18H15F3N2OSi. The molecule has 2 aromatic rings. The molecule has 2 aromatic carbocycles. The second kappa shape index (κ2) is 6.92. The van der Waals surface area contributed by atoms with Gasteiger partial charge in [0.1, 0.15) is 19.6 Å². The van der Waals surface area contributed by atoms with Gasteiger partial charge in [-0.25, -0.2) is 18.0 Å². The maximum atomic E-state index is 14.7. The molecule has 2 rings (SSSR count). The Morgan fingerprint density at radius 1 is 1.12 bits per heavy atom. The van der Waals surface area contributed by atoms with E-state index in [0.29, 0.717) is 0 Å². The molecule has 0 spiro atoms. The van der Waals surface area contributed by atoms with E-state index in [1.807, 2.05) is 19.6 Å². The van der Waals surface area contributed by atoms with Crippen molar-refractivity contribution < 1.29 is 17.9 Å². The zero-order valence-corrected chi connectivity index (χ0v) is 14.9. The van der Waals surface area contributed by atoms with Crippen LogP contribution in [-0.2, 0) is 0 Å². The highest BCUT2D eigenvalue weighted by molar-refractivity contribution is 6.83. The first-order valence-electron chi connectivity index (χ1n) is 7.28. The largest absolute Gasteiger partial charge is 0.452 e. The Bertz CT molecular complexity index is 935. The van der Waals surface area contributed by atoms with E-state index in [1.165, 1.54) is 6.07 Å². The van der Waals surface area contributed by atoms with Gasteiger partial charge in [-0.15, -0.1) is 5.54 Å². The summed E-state index contributed by atoms with van der Waals surface area (Å²) in [5, 5.41) is 0. The maximum Gasteiger partial charge on any atom is 0.225 e. The van der Waals surface area contributed by atoms with Crippen molar-refractivity contribution in [3.63, 3.8) is 0 Å². The summed E-state index contributed by atoms with van der Waals surface area (Å²) in [5.41, 5.74) is 8.04. The Morgan fingerprint density at radius 3 is 2.40 bits per heavy atom. The lowest BCUT2D eigenvalue weighted by atomic mass is 10.1. The summed E-state index contributed by atoms with van der Waals surface area (Å²) < 4.78 is 47.3. The van der Waals surface area contributed by atoms with Crippen molar-refractivity contribution in [1.82, 2.24) is 0 Å². The van der Waals surface area contributed by atoms with E-state index < -0.39 is 31.3 Å². The van der Waals surface area contributed by atoms with Gasteiger partial charge in [-0.1, -0.05) is 25.6 Å². The van der Waals surface area contributed by atoms with Gasteiger partial charge in [0.25, 0.3) is 0 Å². The summed E-state index contributed by atoms with van der Waals surface area (Å²) >= 11 is 0. The van der Waals surface area contributed by atoms with Gasteiger partial charge in [-0.3, -0.25) is 0 Å². The minimum Gasteiger partial charge on any atom is -0.452 e. The molecule has 0 aliphatic rings. The molecule has 0 atom stereocenters. The van der Waals surface area contributed by atoms with Crippen molar-refractivity contribution in [2.24, 2.45) is 0 Å². The number of ether oxygens (including phenoxy) is 1. The highest BCUT2D eigenvalue weighted by atomic mass is 28.3. The number of anilines is 1. The summed E-state index contributed by atoms with van der Waals surface area (Å²) in [6.45, 7) is 12.8. The molecule has 25 heavy (non-hydrogen) atoms. The number of hydrogen-bond acceptors (Lipinski definition) is 2. The number of benzene rings is 2. The van der Waals surface area contributed by atoms with E-state index in [9.17, 15) is 13.2 Å². The SMILES string of the molecule is [C-]#[N+]c1cc(Oc2c(F)cc(N)c(C#C[Si](C)(C)C)c2F)ccc1F. The lowest BCUT2D eigenvalue weighted by Gasteiger charge is -2.12. The van der Waals surface area contributed by atoms with E-state index in [2.05, 4.69) is 16.3 Å². The number of nitrogens with zero attached hydrogens (tertiary/aromatic N) is 1. The van der Waals surface area contributed by atoms with Crippen molar-refractivity contribution in [1.29, 1.82) is 0 Å². The first kappa shape index (κ1) is 18.4. The van der Waals surface area contributed by atoms with E-state index in [4.69, 9.17) is 17.0 Å². The third-order valence-corrected chi connectivity index (χ3v) is 3.90. The molecule has 0 fully saturated rings. The Balaban J connectivity index is 2.52. The van der Waals surface area contributed by atoms with E-state index in [1.54, 1.807) is 0 Å². The van der Waals surface area contributed by atoms with Crippen LogP contribution in [0.25, 0.3) is 4.85 Å². The van der Waals surface area contributed by atoms with Gasteiger partial charge in [0, 0.05) is 6.07 Å². The minimum absolute atomic E-state index is 0.0703. The Morgan fingerprint density at radius 2 is 1.80 bits per heavy atom. The van der Waals surface area contributed by atoms with E-state index in [0.717, 1.165) is 18.2 Å². The van der Waals surface area contributed by atoms with Gasteiger partial charge in [-0.2, -0.15) is 0 Å². The predicted octanol–water partition coefficient (Wildman–Crippen LogP) is 5.26. The molecule has 0 bridgehead atoms. The van der Waals surface area contributed by atoms with Crippen molar-refractivity contribution in [2.75, 3.05) is 5.73 Å². The zero-order valence-electron chi connectivity index (χ0n) is 13.9. The summed E-state index contributed by atoms with van der Waals surface area (Å²) in [6.07, 6.45) is 0. The first-order chi connectivity index (χ1) is 11.6. The summed E-state index contributed by atoms with van der Waals surface area (Å²) in [7, 11) is -1.80. The topological polar surface area (TPSA) is 39.6 Å². The van der Waals surface area contributed by atoms with Crippen LogP contribution in [0, 0.1) is 35.5 Å². The Hall–Kier alpha value is -2.90. The van der Waals surface area contributed by atoms with Gasteiger partial charge < -0.3 is 10.5 Å². The number of nitrogen functional groups attached to an aromatic ring is 1. The molecule has 3 nitrogen and oxygen atoms in total. The number of rotatable bonds is 2. The number of hydrogen-bond donors (Lipinski definition) is 1. The molecule has 0 heterocycles. The molecular weight excluding hydrogens is 345 g/mol. The molecule has 0 saturated carbocycles. The fourth-order valence-electron chi connectivity index (χ4n) is 1.85. The smallest absolute Gasteiger partial charge is 0.225 e. The van der Waals surface area contributed by atoms with Crippen LogP contribution in [0.15, 0.2) is 24.3 Å². The van der Waals surface area contributed by atoms with Crippen LogP contribution in [0.3, 0.4) is 0 Å². The van der Waals surface area contributed by atoms with Gasteiger partial charge in [0.15, 0.2) is 17.4 Å². The van der Waals surface area contributed by atoms with E-state index in [-0.39, 0.29) is 22.7 Å². The third-order valence-electron chi connectivity index (χ3n) is 3.03. The standard InChI is InChI=1S/C18H15F3N2OSi/c1-23-16-9-11(5-6-13(16)19)24-18-14(20)10-15(22)12(17(18)21)7-8-25(2,3)4/h5-6,9-10H,22H2,2-4H3. The fourth-order valence-corrected chi connectivity index (χ4v) is 2.35. The van der Waals surface area contributed by atoms with Crippen LogP contribution >= 0.6 is 0 Å². The highest BCUT2D eigenvalue weighted by Crippen LogP contribution is 2.34. The van der Waals surface area contributed by atoms with Crippen molar-refractivity contribution in [2.45, 2.75) is 19.6 Å². The lowest BCUT2D eigenvalue weighted by Crippen LogP contribution is -2.16. The predicted molar refractivity (Wildman–Crippen MR) is 93.7 cm³/mol. The Kier molecular flexibility index (Phi) is 5.10. The summed E-state index contributed by atoms with van der Waals surface area (Å²) in [5.74, 6) is -0.895. The first-order valence-corrected chi connectivity index (χ1v) is 10.8. The Labute approximate surface area is 145 Å². The van der Waals surface area contributed by atoms with Crippen LogP contribution in [0.2, 0.25) is 19.6 Å². The molecule has 0 aliphatic carbocycles. The lowest BCUT2D eigenvalue weighted by molar-refractivity contribution is 0.407. The van der Waals surface area contributed by atoms with Gasteiger partial charge in [0.05, 0.1) is 17.8 Å². The van der Waals surface area contributed by atoms with Crippen molar-refractivity contribution in [3.8, 4) is 23.0 Å². The average Bonchev–Trinajstić information content (AvgIpc) is 2.51. The third kappa shape index (κ3) is 4.34. The van der Waals surface area contributed by atoms with Gasteiger partial charge in [0.2, 0.25) is 5.69 Å². The monoisotopic (exact) mass is 360 g/mol. The van der Waals surface area contributed by atoms with Crippen LogP contribution in [0.1, 0.15) is 5.56 Å². The van der Waals surface area contributed by atoms with Crippen LogP contribution < -0.4 is 10.5 Å². The molecule has 0 amide bonds. The molecule has 7 heteroatoms. The van der Waals surface area contributed by atoms with Crippen LogP contribution in [0.4, 0.5) is 24.5 Å². The average molecular weight is 360 g/mol. The second-order valence-electron chi connectivity index (χ2n) is 6.29. The summed E-state index contributed by atoms with van der Waals surface area (Å²) in [6, 6.07) is 4.14. The fraction of sp³-hybridized carbons (Fsp3) is 0.167. The molecule has 0 aromatic heterocycles. The van der Waals surface area contributed by atoms with Gasteiger partial charge in [-0.05, 0) is 18.2 Å². The van der Waals surface area contributed by atoms with Crippen molar-refractivity contribution in [3.05, 3.63) is 58.7 Å². The van der Waals surface area contributed by atoms with E-state index >= 15 is 0 Å². The molecule has 128 valence electrons. The molecule has 0 aliphatic heterocycles. The normalized spacial score (nSPS) is 10.6. The molecule has 0 unspecified atom stereocenters.